The van der Waals surface area contributed by atoms with E-state index in [4.69, 9.17) is 9.84 Å². The van der Waals surface area contributed by atoms with Crippen LogP contribution in [0.3, 0.4) is 0 Å². The number of amides is 1. The fourth-order valence-corrected chi connectivity index (χ4v) is 3.12. The minimum Gasteiger partial charge on any atom is -0.490 e. The minimum atomic E-state index is -1.02. The average Bonchev–Trinajstić information content (AvgIpc) is 3.36. The molecule has 0 atom stereocenters. The number of nitrogens with zero attached hydrogens (tertiary/aromatic N) is 2. The number of hydrogen-bond donors (Lipinski definition) is 1. The topological polar surface area (TPSA) is 110 Å². The number of ether oxygens (including phenoxy) is 1. The van der Waals surface area contributed by atoms with Gasteiger partial charge in [-0.05, 0) is 24.5 Å². The highest BCUT2D eigenvalue weighted by Gasteiger charge is 2.33. The molecule has 0 unspecified atom stereocenters. The summed E-state index contributed by atoms with van der Waals surface area (Å²) in [6.07, 6.45) is 1.68. The molecule has 0 bridgehead atoms. The number of methoxy groups -OCH3 is 1. The smallest absolute Gasteiger partial charge is 0.323 e. The van der Waals surface area contributed by atoms with Crippen molar-refractivity contribution in [1.82, 2.24) is 4.90 Å². The molecule has 1 saturated carbocycles. The van der Waals surface area contributed by atoms with Crippen molar-refractivity contribution in [2.24, 2.45) is 0 Å². The van der Waals surface area contributed by atoms with Crippen LogP contribution in [0.4, 0.5) is 5.69 Å². The molecular weight excluding hydrogens is 336 g/mol. The summed E-state index contributed by atoms with van der Waals surface area (Å²) in [5.74, 6) is -0.490. The van der Waals surface area contributed by atoms with Gasteiger partial charge in [0.05, 0.1) is 17.8 Å². The number of carbonyl (C=O) groups is 2. The van der Waals surface area contributed by atoms with E-state index < -0.39 is 10.9 Å². The fraction of sp³-hybridized carbons (Fsp3) is 0.467. The number of carboxylic acid groups (broad SMARTS) is 1. The predicted molar refractivity (Wildman–Crippen MR) is 88.2 cm³/mol. The van der Waals surface area contributed by atoms with Gasteiger partial charge < -0.3 is 14.7 Å². The molecule has 2 rings (SSSR count). The third-order valence-electron chi connectivity index (χ3n) is 3.55. The molecular formula is C15H18N2O6S. The van der Waals surface area contributed by atoms with Crippen LogP contribution in [-0.2, 0) is 15.3 Å². The fourth-order valence-electron chi connectivity index (χ4n) is 2.26. The number of rotatable bonds is 9. The summed E-state index contributed by atoms with van der Waals surface area (Å²) in [7, 11) is 1.37. The van der Waals surface area contributed by atoms with Crippen molar-refractivity contribution in [2.75, 3.05) is 19.4 Å². The van der Waals surface area contributed by atoms with Gasteiger partial charge in [0.2, 0.25) is 5.91 Å². The second-order valence-corrected chi connectivity index (χ2v) is 6.39. The van der Waals surface area contributed by atoms with Crippen LogP contribution in [0.5, 0.6) is 5.75 Å². The average molecular weight is 354 g/mol. The lowest BCUT2D eigenvalue weighted by Gasteiger charge is -2.19. The molecule has 130 valence electrons. The van der Waals surface area contributed by atoms with E-state index in [1.165, 1.54) is 35.9 Å². The molecule has 1 aliphatic carbocycles. The summed E-state index contributed by atoms with van der Waals surface area (Å²) in [6, 6.07) is 4.69. The first-order valence-electron chi connectivity index (χ1n) is 7.32. The van der Waals surface area contributed by atoms with E-state index in [9.17, 15) is 19.7 Å². The molecule has 1 aromatic rings. The number of carbonyl (C=O) groups excluding carboxylic acids is 1. The molecule has 0 saturated heterocycles. The number of nitro benzene ring substituents is 1. The van der Waals surface area contributed by atoms with E-state index in [0.29, 0.717) is 11.3 Å². The van der Waals surface area contributed by atoms with Gasteiger partial charge in [-0.25, -0.2) is 0 Å². The van der Waals surface area contributed by atoms with E-state index >= 15 is 0 Å². The summed E-state index contributed by atoms with van der Waals surface area (Å²) >= 11 is 1.30. The molecule has 9 heteroatoms. The third-order valence-corrected chi connectivity index (χ3v) is 4.54. The standard InChI is InChI=1S/C15H18N2O6S/c1-23-13-5-2-10(6-12(13)17(21)22)8-24-9-14(18)16(7-15(19)20)11-3-4-11/h2,5-6,11H,3-4,7-9H2,1H3,(H,19,20). The van der Waals surface area contributed by atoms with Crippen molar-refractivity contribution >= 4 is 29.3 Å². The minimum absolute atomic E-state index is 0.0382. The Morgan fingerprint density at radius 1 is 1.46 bits per heavy atom. The van der Waals surface area contributed by atoms with Crippen LogP contribution in [-0.4, -0.2) is 52.3 Å². The van der Waals surface area contributed by atoms with Crippen molar-refractivity contribution in [3.63, 3.8) is 0 Å². The lowest BCUT2D eigenvalue weighted by molar-refractivity contribution is -0.385. The van der Waals surface area contributed by atoms with E-state index in [2.05, 4.69) is 0 Å². The normalized spacial score (nSPS) is 13.4. The lowest BCUT2D eigenvalue weighted by Crippen LogP contribution is -2.38. The summed E-state index contributed by atoms with van der Waals surface area (Å²) < 4.78 is 4.94. The summed E-state index contributed by atoms with van der Waals surface area (Å²) in [5, 5.41) is 19.9. The third kappa shape index (κ3) is 4.85. The van der Waals surface area contributed by atoms with Gasteiger partial charge >= 0.3 is 11.7 Å². The van der Waals surface area contributed by atoms with E-state index in [0.717, 1.165) is 12.8 Å². The first kappa shape index (κ1) is 18.1. The zero-order chi connectivity index (χ0) is 17.7. The second-order valence-electron chi connectivity index (χ2n) is 5.40. The molecule has 8 nitrogen and oxygen atoms in total. The van der Waals surface area contributed by atoms with Gasteiger partial charge in [-0.2, -0.15) is 0 Å². The molecule has 1 fully saturated rings. The number of nitro groups is 1. The molecule has 1 amide bonds. The maximum absolute atomic E-state index is 12.1. The van der Waals surface area contributed by atoms with Crippen molar-refractivity contribution < 1.29 is 24.4 Å². The lowest BCUT2D eigenvalue weighted by atomic mass is 10.2. The SMILES string of the molecule is COc1ccc(CSCC(=O)N(CC(=O)O)C2CC2)cc1[N+](=O)[O-]. The monoisotopic (exact) mass is 354 g/mol. The Morgan fingerprint density at radius 3 is 2.71 bits per heavy atom. The first-order chi connectivity index (χ1) is 11.4. The van der Waals surface area contributed by atoms with Gasteiger partial charge in [-0.1, -0.05) is 6.07 Å². The molecule has 1 N–H and O–H groups in total. The van der Waals surface area contributed by atoms with Crippen LogP contribution in [0, 0.1) is 10.1 Å². The molecule has 1 aliphatic rings. The first-order valence-corrected chi connectivity index (χ1v) is 8.48. The molecule has 0 heterocycles. The summed E-state index contributed by atoms with van der Waals surface area (Å²) in [4.78, 5) is 34.8. The van der Waals surface area contributed by atoms with Crippen LogP contribution < -0.4 is 4.74 Å². The van der Waals surface area contributed by atoms with Gasteiger partial charge in [-0.15, -0.1) is 11.8 Å². The summed E-state index contributed by atoms with van der Waals surface area (Å²) in [6.45, 7) is -0.280. The molecule has 0 spiro atoms. The van der Waals surface area contributed by atoms with E-state index in [1.807, 2.05) is 0 Å². The molecule has 24 heavy (non-hydrogen) atoms. The van der Waals surface area contributed by atoms with Gasteiger partial charge in [0, 0.05) is 17.9 Å². The van der Waals surface area contributed by atoms with Crippen LogP contribution in [0.25, 0.3) is 0 Å². The van der Waals surface area contributed by atoms with Crippen LogP contribution in [0.15, 0.2) is 18.2 Å². The van der Waals surface area contributed by atoms with Crippen molar-refractivity contribution in [2.45, 2.75) is 24.6 Å². The number of carboxylic acids is 1. The Morgan fingerprint density at radius 2 is 2.17 bits per heavy atom. The molecule has 0 aromatic heterocycles. The highest BCUT2D eigenvalue weighted by atomic mass is 32.2. The number of thioether (sulfide) groups is 1. The maximum Gasteiger partial charge on any atom is 0.323 e. The quantitative estimate of drug-likeness (QED) is 0.533. The van der Waals surface area contributed by atoms with Crippen molar-refractivity contribution in [3.8, 4) is 5.75 Å². The Labute approximate surface area is 142 Å². The Hall–Kier alpha value is -2.29. The van der Waals surface area contributed by atoms with E-state index in [1.54, 1.807) is 6.07 Å². The van der Waals surface area contributed by atoms with Gasteiger partial charge in [-0.3, -0.25) is 19.7 Å². The maximum atomic E-state index is 12.1. The number of aliphatic carboxylic acids is 1. The van der Waals surface area contributed by atoms with Crippen LogP contribution in [0.2, 0.25) is 0 Å². The van der Waals surface area contributed by atoms with Crippen molar-refractivity contribution in [1.29, 1.82) is 0 Å². The number of hydrogen-bond acceptors (Lipinski definition) is 6. The Kier molecular flexibility index (Phi) is 6.02. The van der Waals surface area contributed by atoms with Crippen LogP contribution >= 0.6 is 11.8 Å². The van der Waals surface area contributed by atoms with Crippen LogP contribution in [0.1, 0.15) is 18.4 Å². The largest absolute Gasteiger partial charge is 0.490 e. The highest BCUT2D eigenvalue weighted by molar-refractivity contribution is 7.99. The molecule has 0 aliphatic heterocycles. The van der Waals surface area contributed by atoms with Gasteiger partial charge in [0.15, 0.2) is 5.75 Å². The Balaban J connectivity index is 1.91. The van der Waals surface area contributed by atoms with E-state index in [-0.39, 0.29) is 35.7 Å². The number of benzene rings is 1. The van der Waals surface area contributed by atoms with Gasteiger partial charge in [0.25, 0.3) is 0 Å². The zero-order valence-corrected chi connectivity index (χ0v) is 14.0. The Bertz CT molecular complexity index is 647. The predicted octanol–water partition coefficient (Wildman–Crippen LogP) is 1.91. The second kappa shape index (κ2) is 8.00. The summed E-state index contributed by atoms with van der Waals surface area (Å²) in [5.41, 5.74) is 0.587. The van der Waals surface area contributed by atoms with Crippen molar-refractivity contribution in [3.05, 3.63) is 33.9 Å². The highest BCUT2D eigenvalue weighted by Crippen LogP contribution is 2.30. The molecule has 1 aromatic carbocycles. The van der Waals surface area contributed by atoms with Gasteiger partial charge in [0.1, 0.15) is 6.54 Å². The molecule has 0 radical (unpaired) electrons. The zero-order valence-electron chi connectivity index (χ0n) is 13.1.